The molecule has 0 saturated carbocycles. The van der Waals surface area contributed by atoms with Gasteiger partial charge in [0, 0.05) is 6.54 Å². The molecular formula is C14H12BrClFNO. The van der Waals surface area contributed by atoms with Crippen LogP contribution in [0.15, 0.2) is 40.9 Å². The van der Waals surface area contributed by atoms with Crippen molar-refractivity contribution in [2.24, 2.45) is 0 Å². The van der Waals surface area contributed by atoms with Gasteiger partial charge in [0.15, 0.2) is 0 Å². The lowest BCUT2D eigenvalue weighted by Gasteiger charge is -2.09. The third-order valence-corrected chi connectivity index (χ3v) is 3.40. The molecule has 5 heteroatoms. The average Bonchev–Trinajstić information content (AvgIpc) is 2.37. The second kappa shape index (κ2) is 6.37. The van der Waals surface area contributed by atoms with Gasteiger partial charge in [-0.1, -0.05) is 17.7 Å². The summed E-state index contributed by atoms with van der Waals surface area (Å²) in [5, 5.41) is 3.57. The van der Waals surface area contributed by atoms with Crippen LogP contribution in [0.4, 0.5) is 4.39 Å². The average molecular weight is 345 g/mol. The van der Waals surface area contributed by atoms with Crippen LogP contribution in [0.1, 0.15) is 5.56 Å². The van der Waals surface area contributed by atoms with Gasteiger partial charge in [-0.25, -0.2) is 4.39 Å². The number of hydrogen-bond donors (Lipinski definition) is 1. The van der Waals surface area contributed by atoms with Crippen LogP contribution >= 0.6 is 27.5 Å². The Bertz CT molecular complexity index is 592. The van der Waals surface area contributed by atoms with Crippen LogP contribution in [-0.2, 0) is 6.54 Å². The molecule has 2 aromatic carbocycles. The van der Waals surface area contributed by atoms with Gasteiger partial charge >= 0.3 is 0 Å². The van der Waals surface area contributed by atoms with E-state index in [9.17, 15) is 4.39 Å². The zero-order valence-corrected chi connectivity index (χ0v) is 12.6. The molecule has 0 atom stereocenters. The maximum Gasteiger partial charge on any atom is 0.146 e. The van der Waals surface area contributed by atoms with Crippen LogP contribution in [0.3, 0.4) is 0 Å². The molecule has 0 radical (unpaired) electrons. The van der Waals surface area contributed by atoms with E-state index in [0.29, 0.717) is 21.0 Å². The standard InChI is InChI=1S/C14H12BrClFNO/c1-18-8-9-2-5-14(12(16)6-9)19-10-3-4-13(17)11(15)7-10/h2-7,18H,8H2,1H3. The van der Waals surface area contributed by atoms with Crippen LogP contribution in [0.2, 0.25) is 5.02 Å². The van der Waals surface area contributed by atoms with Crippen molar-refractivity contribution in [2.45, 2.75) is 6.54 Å². The lowest BCUT2D eigenvalue weighted by molar-refractivity contribution is 0.480. The minimum Gasteiger partial charge on any atom is -0.456 e. The van der Waals surface area contributed by atoms with Gasteiger partial charge < -0.3 is 10.1 Å². The Balaban J connectivity index is 2.20. The molecule has 0 unspecified atom stereocenters. The molecule has 100 valence electrons. The first-order valence-corrected chi connectivity index (χ1v) is 6.83. The van der Waals surface area contributed by atoms with Crippen molar-refractivity contribution in [2.75, 3.05) is 7.05 Å². The van der Waals surface area contributed by atoms with Gasteiger partial charge in [0.2, 0.25) is 0 Å². The van der Waals surface area contributed by atoms with E-state index in [1.54, 1.807) is 18.2 Å². The summed E-state index contributed by atoms with van der Waals surface area (Å²) in [6, 6.07) is 10.0. The van der Waals surface area contributed by atoms with Crippen LogP contribution in [-0.4, -0.2) is 7.05 Å². The van der Waals surface area contributed by atoms with Gasteiger partial charge in [0.25, 0.3) is 0 Å². The Morgan fingerprint density at radius 3 is 2.68 bits per heavy atom. The molecule has 0 bridgehead atoms. The fourth-order valence-electron chi connectivity index (χ4n) is 1.61. The lowest BCUT2D eigenvalue weighted by atomic mass is 10.2. The van der Waals surface area contributed by atoms with Gasteiger partial charge in [-0.05, 0) is 58.9 Å². The van der Waals surface area contributed by atoms with Crippen LogP contribution < -0.4 is 10.1 Å². The second-order valence-electron chi connectivity index (χ2n) is 3.97. The molecule has 19 heavy (non-hydrogen) atoms. The van der Waals surface area contributed by atoms with E-state index in [0.717, 1.165) is 12.1 Å². The number of rotatable bonds is 4. The van der Waals surface area contributed by atoms with Crippen LogP contribution in [0.25, 0.3) is 0 Å². The molecule has 0 aromatic heterocycles. The van der Waals surface area contributed by atoms with Gasteiger partial charge in [0.1, 0.15) is 17.3 Å². The maximum absolute atomic E-state index is 13.1. The van der Waals surface area contributed by atoms with E-state index < -0.39 is 0 Å². The van der Waals surface area contributed by atoms with Crippen molar-refractivity contribution in [3.8, 4) is 11.5 Å². The van der Waals surface area contributed by atoms with Crippen molar-refractivity contribution in [1.29, 1.82) is 0 Å². The van der Waals surface area contributed by atoms with E-state index in [1.165, 1.54) is 6.07 Å². The third-order valence-electron chi connectivity index (χ3n) is 2.50. The summed E-state index contributed by atoms with van der Waals surface area (Å²) in [4.78, 5) is 0. The van der Waals surface area contributed by atoms with Gasteiger partial charge in [0.05, 0.1) is 9.50 Å². The SMILES string of the molecule is CNCc1ccc(Oc2ccc(F)c(Br)c2)c(Cl)c1. The molecular weight excluding hydrogens is 333 g/mol. The smallest absolute Gasteiger partial charge is 0.146 e. The minimum absolute atomic E-state index is 0.331. The molecule has 0 fully saturated rings. The second-order valence-corrected chi connectivity index (χ2v) is 5.23. The highest BCUT2D eigenvalue weighted by Crippen LogP contribution is 2.31. The van der Waals surface area contributed by atoms with E-state index in [2.05, 4.69) is 21.2 Å². The topological polar surface area (TPSA) is 21.3 Å². The van der Waals surface area contributed by atoms with Crippen molar-refractivity contribution < 1.29 is 9.13 Å². The van der Waals surface area contributed by atoms with Crippen LogP contribution in [0.5, 0.6) is 11.5 Å². The predicted molar refractivity (Wildman–Crippen MR) is 78.4 cm³/mol. The summed E-state index contributed by atoms with van der Waals surface area (Å²) in [7, 11) is 1.87. The molecule has 0 amide bonds. The first kappa shape index (κ1) is 14.3. The molecule has 2 nitrogen and oxygen atoms in total. The molecule has 2 aromatic rings. The fraction of sp³-hybridized carbons (Fsp3) is 0.143. The Morgan fingerprint density at radius 2 is 2.05 bits per heavy atom. The summed E-state index contributed by atoms with van der Waals surface area (Å²) >= 11 is 9.26. The van der Waals surface area contributed by atoms with E-state index in [-0.39, 0.29) is 5.82 Å². The minimum atomic E-state index is -0.331. The van der Waals surface area contributed by atoms with Crippen LogP contribution in [0, 0.1) is 5.82 Å². The number of halogens is 3. The molecule has 0 saturated heterocycles. The normalized spacial score (nSPS) is 10.5. The monoisotopic (exact) mass is 343 g/mol. The van der Waals surface area contributed by atoms with Gasteiger partial charge in [-0.15, -0.1) is 0 Å². The quantitative estimate of drug-likeness (QED) is 0.864. The van der Waals surface area contributed by atoms with Gasteiger partial charge in [-0.3, -0.25) is 0 Å². The molecule has 2 rings (SSSR count). The highest BCUT2D eigenvalue weighted by atomic mass is 79.9. The Hall–Kier alpha value is -1.10. The summed E-state index contributed by atoms with van der Waals surface area (Å²) in [6.07, 6.45) is 0. The fourth-order valence-corrected chi connectivity index (χ4v) is 2.21. The molecule has 0 aliphatic carbocycles. The lowest BCUT2D eigenvalue weighted by Crippen LogP contribution is -2.04. The zero-order chi connectivity index (χ0) is 13.8. The first-order valence-electron chi connectivity index (χ1n) is 5.66. The molecule has 0 spiro atoms. The summed E-state index contributed by atoms with van der Waals surface area (Å²) in [5.41, 5.74) is 1.07. The largest absolute Gasteiger partial charge is 0.456 e. The molecule has 0 heterocycles. The van der Waals surface area contributed by atoms with Crippen molar-refractivity contribution >= 4 is 27.5 Å². The number of hydrogen-bond acceptors (Lipinski definition) is 2. The Morgan fingerprint density at radius 1 is 1.26 bits per heavy atom. The first-order chi connectivity index (χ1) is 9.10. The maximum atomic E-state index is 13.1. The molecule has 0 aliphatic rings. The van der Waals surface area contributed by atoms with Gasteiger partial charge in [-0.2, -0.15) is 0 Å². The number of benzene rings is 2. The van der Waals surface area contributed by atoms with E-state index in [1.807, 2.05) is 19.2 Å². The van der Waals surface area contributed by atoms with Crippen molar-refractivity contribution in [3.05, 3.63) is 57.3 Å². The molecule has 1 N–H and O–H groups in total. The number of ether oxygens (including phenoxy) is 1. The predicted octanol–water partition coefficient (Wildman–Crippen LogP) is 4.75. The van der Waals surface area contributed by atoms with Crippen molar-refractivity contribution in [3.63, 3.8) is 0 Å². The summed E-state index contributed by atoms with van der Waals surface area (Å²) in [6.45, 7) is 0.738. The molecule has 0 aliphatic heterocycles. The van der Waals surface area contributed by atoms with E-state index in [4.69, 9.17) is 16.3 Å². The Kier molecular flexibility index (Phi) is 4.80. The highest BCUT2D eigenvalue weighted by Gasteiger charge is 2.06. The third kappa shape index (κ3) is 3.69. The van der Waals surface area contributed by atoms with E-state index >= 15 is 0 Å². The Labute approximate surface area is 124 Å². The zero-order valence-electron chi connectivity index (χ0n) is 10.2. The summed E-state index contributed by atoms with van der Waals surface area (Å²) in [5.74, 6) is 0.736. The highest BCUT2D eigenvalue weighted by molar-refractivity contribution is 9.10. The van der Waals surface area contributed by atoms with Crippen molar-refractivity contribution in [1.82, 2.24) is 5.32 Å². The summed E-state index contributed by atoms with van der Waals surface area (Å²) < 4.78 is 19.1. The number of nitrogens with one attached hydrogen (secondary N) is 1.